The minimum absolute atomic E-state index is 0.0731. The van der Waals surface area contributed by atoms with E-state index >= 15 is 0 Å². The molecular formula is C25H29N5O2S. The predicted molar refractivity (Wildman–Crippen MR) is 133 cm³/mol. The molecule has 1 aliphatic carbocycles. The maximum Gasteiger partial charge on any atom is 0.269 e. The van der Waals surface area contributed by atoms with Gasteiger partial charge in [-0.1, -0.05) is 27.2 Å². The van der Waals surface area contributed by atoms with Crippen LogP contribution in [0.15, 0.2) is 64.3 Å². The molecule has 8 heteroatoms. The number of benzene rings is 1. The Bertz CT molecular complexity index is 1200. The molecule has 0 atom stereocenters. The molecule has 0 amide bonds. The highest BCUT2D eigenvalue weighted by Gasteiger charge is 2.30. The maximum atomic E-state index is 11.1. The zero-order valence-corrected chi connectivity index (χ0v) is 20.1. The Balaban J connectivity index is 1.72. The van der Waals surface area contributed by atoms with Crippen molar-refractivity contribution in [3.8, 4) is 11.3 Å². The van der Waals surface area contributed by atoms with Gasteiger partial charge in [-0.15, -0.1) is 11.3 Å². The summed E-state index contributed by atoms with van der Waals surface area (Å²) in [6, 6.07) is 10.4. The summed E-state index contributed by atoms with van der Waals surface area (Å²) in [5, 5.41) is 18.1. The molecule has 3 aromatic rings. The van der Waals surface area contributed by atoms with Crippen LogP contribution in [-0.4, -0.2) is 20.3 Å². The van der Waals surface area contributed by atoms with Crippen LogP contribution in [0.3, 0.4) is 0 Å². The van der Waals surface area contributed by atoms with E-state index in [1.54, 1.807) is 24.5 Å². The number of nitro groups is 1. The fourth-order valence-electron chi connectivity index (χ4n) is 4.22. The third-order valence-corrected chi connectivity index (χ3v) is 7.57. The molecule has 0 bridgehead atoms. The Kier molecular flexibility index (Phi) is 6.83. The van der Waals surface area contributed by atoms with Crippen molar-refractivity contribution in [2.24, 2.45) is 21.4 Å². The van der Waals surface area contributed by atoms with Gasteiger partial charge < -0.3 is 0 Å². The molecule has 0 saturated heterocycles. The third kappa shape index (κ3) is 5.27. The number of non-ortho nitro benzene ring substituents is 1. The van der Waals surface area contributed by atoms with E-state index in [0.717, 1.165) is 47.4 Å². The van der Waals surface area contributed by atoms with Crippen LogP contribution in [0.4, 0.5) is 11.4 Å². The first-order valence-electron chi connectivity index (χ1n) is 11.3. The van der Waals surface area contributed by atoms with Gasteiger partial charge in [0, 0.05) is 35.0 Å². The highest BCUT2D eigenvalue weighted by Crippen LogP contribution is 2.39. The van der Waals surface area contributed by atoms with Gasteiger partial charge in [0.1, 0.15) is 0 Å². The summed E-state index contributed by atoms with van der Waals surface area (Å²) in [6.07, 6.45) is 8.87. The fraction of sp³-hybridized carbons (Fsp3) is 0.400. The van der Waals surface area contributed by atoms with Crippen molar-refractivity contribution in [3.05, 3.63) is 69.1 Å². The molecule has 4 rings (SSSR count). The Morgan fingerprint density at radius 1 is 1.21 bits per heavy atom. The average Bonchev–Trinajstić information content (AvgIpc) is 3.22. The number of hydrogen-bond acceptors (Lipinski definition) is 6. The number of hydrogen-bond donors (Lipinski definition) is 0. The molecular weight excluding hydrogens is 434 g/mol. The van der Waals surface area contributed by atoms with Gasteiger partial charge >= 0.3 is 0 Å². The number of nitro benzene ring substituents is 1. The Labute approximate surface area is 197 Å². The molecule has 1 saturated carbocycles. The van der Waals surface area contributed by atoms with Gasteiger partial charge in [-0.3, -0.25) is 15.1 Å². The lowest BCUT2D eigenvalue weighted by molar-refractivity contribution is -0.384. The number of pyridine rings is 1. The van der Waals surface area contributed by atoms with Crippen molar-refractivity contribution < 1.29 is 4.92 Å². The summed E-state index contributed by atoms with van der Waals surface area (Å²) in [5.74, 6) is 0.711. The number of nitrogens with zero attached hydrogens (tertiary/aromatic N) is 5. The van der Waals surface area contributed by atoms with Crippen molar-refractivity contribution in [3.63, 3.8) is 0 Å². The molecule has 1 aromatic carbocycles. The summed E-state index contributed by atoms with van der Waals surface area (Å²) in [6.45, 7) is 7.00. The largest absolute Gasteiger partial charge is 0.269 e. The van der Waals surface area contributed by atoms with Gasteiger partial charge in [0.25, 0.3) is 5.69 Å². The Morgan fingerprint density at radius 3 is 2.55 bits per heavy atom. The van der Waals surface area contributed by atoms with E-state index in [0.29, 0.717) is 11.3 Å². The molecule has 2 heterocycles. The summed E-state index contributed by atoms with van der Waals surface area (Å²) in [7, 11) is 0. The molecule has 7 nitrogen and oxygen atoms in total. The summed E-state index contributed by atoms with van der Waals surface area (Å²) < 4.78 is 1.89. The van der Waals surface area contributed by atoms with Crippen molar-refractivity contribution in [2.45, 2.75) is 52.9 Å². The van der Waals surface area contributed by atoms with Crippen molar-refractivity contribution in [1.29, 1.82) is 0 Å². The fourth-order valence-corrected chi connectivity index (χ4v) is 5.07. The number of aromatic nitrogens is 2. The van der Waals surface area contributed by atoms with E-state index in [1.165, 1.54) is 35.6 Å². The SMILES string of the molecule is CCC(C)(C)C1CCC(=Nn2c(-c3ccc([N+](=O)[O-])cc3)csc2=Nc2cccnc2)CC1. The number of rotatable bonds is 6. The van der Waals surface area contributed by atoms with Gasteiger partial charge in [-0.2, -0.15) is 5.10 Å². The molecule has 33 heavy (non-hydrogen) atoms. The van der Waals surface area contributed by atoms with Gasteiger partial charge in [-0.05, 0) is 61.3 Å². The van der Waals surface area contributed by atoms with Crippen LogP contribution < -0.4 is 4.80 Å². The van der Waals surface area contributed by atoms with Crippen LogP contribution in [0.2, 0.25) is 0 Å². The minimum Gasteiger partial charge on any atom is -0.262 e. The standard InChI is InChI=1S/C25H29N5O2S/c1-4-25(2,3)19-9-11-20(12-10-19)28-29-23(18-7-13-22(14-8-18)30(31)32)17-33-24(29)27-21-6-5-15-26-16-21/h5-8,13-17,19H,4,9-12H2,1-3H3. The quantitative estimate of drug-likeness (QED) is 0.305. The van der Waals surface area contributed by atoms with Gasteiger partial charge in [0.15, 0.2) is 0 Å². The molecule has 1 fully saturated rings. The molecule has 0 radical (unpaired) electrons. The lowest BCUT2D eigenvalue weighted by Crippen LogP contribution is -2.28. The molecule has 1 aliphatic rings. The van der Waals surface area contributed by atoms with Crippen LogP contribution in [0.25, 0.3) is 11.3 Å². The molecule has 0 spiro atoms. The monoisotopic (exact) mass is 463 g/mol. The maximum absolute atomic E-state index is 11.1. The zero-order chi connectivity index (χ0) is 23.4. The van der Waals surface area contributed by atoms with E-state index < -0.39 is 0 Å². The van der Waals surface area contributed by atoms with E-state index in [9.17, 15) is 10.1 Å². The summed E-state index contributed by atoms with van der Waals surface area (Å²) >= 11 is 1.50. The summed E-state index contributed by atoms with van der Waals surface area (Å²) in [5.41, 5.74) is 4.11. The predicted octanol–water partition coefficient (Wildman–Crippen LogP) is 6.58. The Hall–Kier alpha value is -3.13. The molecule has 0 N–H and O–H groups in total. The Morgan fingerprint density at radius 2 is 1.94 bits per heavy atom. The second-order valence-electron chi connectivity index (χ2n) is 9.12. The van der Waals surface area contributed by atoms with E-state index in [2.05, 4.69) is 25.8 Å². The van der Waals surface area contributed by atoms with Crippen molar-refractivity contribution in [2.75, 3.05) is 0 Å². The first-order valence-corrected chi connectivity index (χ1v) is 12.2. The first-order chi connectivity index (χ1) is 15.9. The highest BCUT2D eigenvalue weighted by atomic mass is 32.1. The minimum atomic E-state index is -0.384. The molecule has 0 aliphatic heterocycles. The lowest BCUT2D eigenvalue weighted by Gasteiger charge is -2.36. The van der Waals surface area contributed by atoms with Crippen LogP contribution in [0, 0.1) is 21.4 Å². The first kappa shape index (κ1) is 23.0. The van der Waals surface area contributed by atoms with E-state index in [4.69, 9.17) is 10.1 Å². The zero-order valence-electron chi connectivity index (χ0n) is 19.3. The van der Waals surface area contributed by atoms with Gasteiger partial charge in [0.2, 0.25) is 4.80 Å². The van der Waals surface area contributed by atoms with Crippen LogP contribution in [-0.2, 0) is 0 Å². The van der Waals surface area contributed by atoms with Crippen molar-refractivity contribution in [1.82, 2.24) is 9.66 Å². The molecule has 0 unspecified atom stereocenters. The van der Waals surface area contributed by atoms with Gasteiger partial charge in [-0.25, -0.2) is 9.67 Å². The number of thiazole rings is 1. The third-order valence-electron chi connectivity index (χ3n) is 6.75. The topological polar surface area (TPSA) is 85.7 Å². The molecule has 172 valence electrons. The average molecular weight is 464 g/mol. The summed E-state index contributed by atoms with van der Waals surface area (Å²) in [4.78, 5) is 20.4. The lowest BCUT2D eigenvalue weighted by atomic mass is 9.69. The van der Waals surface area contributed by atoms with Gasteiger partial charge in [0.05, 0.1) is 22.5 Å². The van der Waals surface area contributed by atoms with Crippen molar-refractivity contribution >= 4 is 28.4 Å². The molecule has 2 aromatic heterocycles. The van der Waals surface area contributed by atoms with Crippen LogP contribution in [0.1, 0.15) is 52.9 Å². The second-order valence-corrected chi connectivity index (χ2v) is 9.96. The smallest absolute Gasteiger partial charge is 0.262 e. The second kappa shape index (κ2) is 9.79. The van der Waals surface area contributed by atoms with E-state index in [1.807, 2.05) is 22.2 Å². The highest BCUT2D eigenvalue weighted by molar-refractivity contribution is 7.07. The van der Waals surface area contributed by atoms with E-state index in [-0.39, 0.29) is 10.6 Å². The van der Waals surface area contributed by atoms with Crippen LogP contribution >= 0.6 is 11.3 Å². The van der Waals surface area contributed by atoms with Crippen LogP contribution in [0.5, 0.6) is 0 Å². The normalized spacial score (nSPS) is 17.2.